The number of thiazole rings is 1. The number of aromatic nitrogens is 2. The lowest BCUT2D eigenvalue weighted by atomic mass is 10.1. The molecule has 0 unspecified atom stereocenters. The van der Waals surface area contributed by atoms with Crippen molar-refractivity contribution in [1.29, 1.82) is 0 Å². The van der Waals surface area contributed by atoms with Crippen LogP contribution in [0.25, 0.3) is 11.3 Å². The summed E-state index contributed by atoms with van der Waals surface area (Å²) < 4.78 is 30.9. The Kier molecular flexibility index (Phi) is 6.61. The summed E-state index contributed by atoms with van der Waals surface area (Å²) >= 11 is 1.23. The SMILES string of the molecule is O=C(Cc1ccc(S(=O)(=O)CC2CC2)cc1)Nc1nc(-c2ccccc2)c(Oc2cccnc2)s1. The maximum Gasteiger partial charge on any atom is 0.230 e. The van der Waals surface area contributed by atoms with Gasteiger partial charge in [-0.2, -0.15) is 0 Å². The molecule has 9 heteroatoms. The number of sulfone groups is 1. The van der Waals surface area contributed by atoms with E-state index in [1.54, 1.807) is 48.8 Å². The van der Waals surface area contributed by atoms with Gasteiger partial charge in [0.1, 0.15) is 11.4 Å². The van der Waals surface area contributed by atoms with Gasteiger partial charge in [-0.15, -0.1) is 0 Å². The van der Waals surface area contributed by atoms with E-state index < -0.39 is 9.84 Å². The molecule has 7 nitrogen and oxygen atoms in total. The molecule has 1 fully saturated rings. The second-order valence-corrected chi connectivity index (χ2v) is 11.4. The maximum absolute atomic E-state index is 12.7. The molecular weight excluding hydrogens is 482 g/mol. The Balaban J connectivity index is 1.30. The van der Waals surface area contributed by atoms with E-state index in [-0.39, 0.29) is 24.0 Å². The lowest BCUT2D eigenvalue weighted by molar-refractivity contribution is -0.115. The van der Waals surface area contributed by atoms with Crippen LogP contribution in [0.2, 0.25) is 0 Å². The van der Waals surface area contributed by atoms with Crippen LogP contribution in [0.1, 0.15) is 18.4 Å². The van der Waals surface area contributed by atoms with Gasteiger partial charge in [0.25, 0.3) is 0 Å². The first-order valence-corrected chi connectivity index (χ1v) is 13.7. The van der Waals surface area contributed by atoms with Crippen molar-refractivity contribution in [3.8, 4) is 22.1 Å². The number of carbonyl (C=O) groups is 1. The van der Waals surface area contributed by atoms with Crippen molar-refractivity contribution in [1.82, 2.24) is 9.97 Å². The van der Waals surface area contributed by atoms with Crippen LogP contribution in [0.5, 0.6) is 10.8 Å². The summed E-state index contributed by atoms with van der Waals surface area (Å²) in [4.78, 5) is 21.7. The molecular formula is C26H23N3O4S2. The zero-order chi connectivity index (χ0) is 24.3. The van der Waals surface area contributed by atoms with E-state index in [4.69, 9.17) is 4.74 Å². The molecule has 2 aromatic heterocycles. The van der Waals surface area contributed by atoms with E-state index in [9.17, 15) is 13.2 Å². The van der Waals surface area contributed by atoms with Gasteiger partial charge in [0, 0.05) is 11.8 Å². The third-order valence-electron chi connectivity index (χ3n) is 5.53. The van der Waals surface area contributed by atoms with Crippen molar-refractivity contribution in [3.05, 3.63) is 84.7 Å². The fraction of sp³-hybridized carbons (Fsp3) is 0.192. The minimum atomic E-state index is -3.27. The first-order chi connectivity index (χ1) is 17.0. The Bertz CT molecular complexity index is 1420. The summed E-state index contributed by atoms with van der Waals surface area (Å²) in [6, 6.07) is 19.7. The maximum atomic E-state index is 12.7. The molecule has 178 valence electrons. The fourth-order valence-electron chi connectivity index (χ4n) is 3.58. The molecule has 5 rings (SSSR count). The van der Waals surface area contributed by atoms with Gasteiger partial charge in [0.05, 0.1) is 23.3 Å². The zero-order valence-corrected chi connectivity index (χ0v) is 20.4. The van der Waals surface area contributed by atoms with Crippen LogP contribution in [0.15, 0.2) is 84.0 Å². The minimum Gasteiger partial charge on any atom is -0.443 e. The zero-order valence-electron chi connectivity index (χ0n) is 18.8. The summed E-state index contributed by atoms with van der Waals surface area (Å²) in [5.74, 6) is 0.809. The van der Waals surface area contributed by atoms with Crippen LogP contribution >= 0.6 is 11.3 Å². The highest BCUT2D eigenvalue weighted by Crippen LogP contribution is 2.40. The van der Waals surface area contributed by atoms with Crippen molar-refractivity contribution in [3.63, 3.8) is 0 Å². The normalized spacial score (nSPS) is 13.4. The summed E-state index contributed by atoms with van der Waals surface area (Å²) in [5.41, 5.74) is 2.21. The molecule has 35 heavy (non-hydrogen) atoms. The Labute approximate surface area is 207 Å². The van der Waals surface area contributed by atoms with E-state index in [1.807, 2.05) is 30.3 Å². The second-order valence-electron chi connectivity index (χ2n) is 8.41. The van der Waals surface area contributed by atoms with Crippen LogP contribution in [0.3, 0.4) is 0 Å². The molecule has 2 aromatic carbocycles. The van der Waals surface area contributed by atoms with Gasteiger partial charge >= 0.3 is 0 Å². The van der Waals surface area contributed by atoms with Gasteiger partial charge in [0.15, 0.2) is 15.0 Å². The van der Waals surface area contributed by atoms with Crippen molar-refractivity contribution >= 4 is 32.2 Å². The number of nitrogens with zero attached hydrogens (tertiary/aromatic N) is 2. The number of hydrogen-bond donors (Lipinski definition) is 1. The number of ether oxygens (including phenoxy) is 1. The van der Waals surface area contributed by atoms with Crippen LogP contribution in [0.4, 0.5) is 5.13 Å². The predicted molar refractivity (Wildman–Crippen MR) is 135 cm³/mol. The van der Waals surface area contributed by atoms with Gasteiger partial charge in [-0.1, -0.05) is 53.8 Å². The van der Waals surface area contributed by atoms with E-state index in [1.165, 1.54) is 11.3 Å². The lowest BCUT2D eigenvalue weighted by Crippen LogP contribution is -2.14. The highest BCUT2D eigenvalue weighted by Gasteiger charge is 2.29. The topological polar surface area (TPSA) is 98.2 Å². The highest BCUT2D eigenvalue weighted by atomic mass is 32.2. The number of hydrogen-bond acceptors (Lipinski definition) is 7. The number of nitrogens with one attached hydrogen (secondary N) is 1. The molecule has 0 radical (unpaired) electrons. The first-order valence-electron chi connectivity index (χ1n) is 11.2. The van der Waals surface area contributed by atoms with Crippen molar-refractivity contribution in [2.45, 2.75) is 24.2 Å². The average molecular weight is 506 g/mol. The molecule has 0 spiro atoms. The van der Waals surface area contributed by atoms with Crippen molar-refractivity contribution in [2.24, 2.45) is 5.92 Å². The summed E-state index contributed by atoms with van der Waals surface area (Å²) in [6.07, 6.45) is 5.34. The number of anilines is 1. The molecule has 0 atom stereocenters. The van der Waals surface area contributed by atoms with Gasteiger partial charge < -0.3 is 10.1 Å². The molecule has 2 heterocycles. The monoisotopic (exact) mass is 505 g/mol. The minimum absolute atomic E-state index is 0.0992. The number of carbonyl (C=O) groups excluding carboxylic acids is 1. The molecule has 1 aliphatic rings. The van der Waals surface area contributed by atoms with Crippen LogP contribution in [0, 0.1) is 5.92 Å². The quantitative estimate of drug-likeness (QED) is 0.329. The first kappa shape index (κ1) is 23.2. The third kappa shape index (κ3) is 5.93. The Morgan fingerprint density at radius 3 is 2.49 bits per heavy atom. The molecule has 1 amide bonds. The fourth-order valence-corrected chi connectivity index (χ4v) is 6.15. The summed E-state index contributed by atoms with van der Waals surface area (Å²) in [7, 11) is -3.27. The second kappa shape index (κ2) is 9.97. The average Bonchev–Trinajstić information content (AvgIpc) is 3.58. The number of benzene rings is 2. The molecule has 0 bridgehead atoms. The van der Waals surface area contributed by atoms with E-state index in [0.29, 0.717) is 26.5 Å². The Morgan fingerprint density at radius 2 is 1.80 bits per heavy atom. The highest BCUT2D eigenvalue weighted by molar-refractivity contribution is 7.91. The third-order valence-corrected chi connectivity index (χ3v) is 8.28. The van der Waals surface area contributed by atoms with Gasteiger partial charge in [-0.25, -0.2) is 13.4 Å². The molecule has 0 saturated heterocycles. The number of amides is 1. The van der Waals surface area contributed by atoms with Gasteiger partial charge in [-0.3, -0.25) is 9.78 Å². The van der Waals surface area contributed by atoms with Crippen molar-refractivity contribution in [2.75, 3.05) is 11.1 Å². The molecule has 0 aliphatic heterocycles. The lowest BCUT2D eigenvalue weighted by Gasteiger charge is -2.06. The van der Waals surface area contributed by atoms with E-state index >= 15 is 0 Å². The number of rotatable bonds is 9. The van der Waals surface area contributed by atoms with Gasteiger partial charge in [0.2, 0.25) is 11.0 Å². The molecule has 1 aliphatic carbocycles. The van der Waals surface area contributed by atoms with Crippen LogP contribution in [-0.4, -0.2) is 30.0 Å². The van der Waals surface area contributed by atoms with E-state index in [2.05, 4.69) is 15.3 Å². The Morgan fingerprint density at radius 1 is 1.03 bits per heavy atom. The number of pyridine rings is 1. The van der Waals surface area contributed by atoms with E-state index in [0.717, 1.165) is 24.0 Å². The van der Waals surface area contributed by atoms with Crippen LogP contribution < -0.4 is 10.1 Å². The molecule has 1 N–H and O–H groups in total. The smallest absolute Gasteiger partial charge is 0.230 e. The summed E-state index contributed by atoms with van der Waals surface area (Å²) in [5, 5.41) is 3.80. The van der Waals surface area contributed by atoms with Crippen molar-refractivity contribution < 1.29 is 17.9 Å². The Hall–Kier alpha value is -3.56. The molecule has 1 saturated carbocycles. The van der Waals surface area contributed by atoms with Crippen LogP contribution in [-0.2, 0) is 21.1 Å². The largest absolute Gasteiger partial charge is 0.443 e. The predicted octanol–water partition coefficient (Wildman–Crippen LogP) is 5.36. The molecule has 4 aromatic rings. The summed E-state index contributed by atoms with van der Waals surface area (Å²) in [6.45, 7) is 0. The van der Waals surface area contributed by atoms with Gasteiger partial charge in [-0.05, 0) is 48.6 Å². The standard InChI is InChI=1S/C26H23N3O4S2/c30-23(15-18-10-12-22(13-11-18)35(31,32)17-19-8-9-19)28-26-29-24(20-5-2-1-3-6-20)25(34-26)33-21-7-4-14-27-16-21/h1-7,10-14,16,19H,8-9,15,17H2,(H,28,29,30).